The van der Waals surface area contributed by atoms with Crippen LogP contribution in [0, 0.1) is 0 Å². The van der Waals surface area contributed by atoms with Crippen molar-refractivity contribution in [1.82, 2.24) is 4.31 Å². The van der Waals surface area contributed by atoms with Crippen LogP contribution in [0.25, 0.3) is 0 Å². The average molecular weight is 487 g/mol. The van der Waals surface area contributed by atoms with Crippen LogP contribution < -0.4 is 14.8 Å². The zero-order valence-corrected chi connectivity index (χ0v) is 19.5. The smallest absolute Gasteiger partial charge is 0.291 e. The number of benzene rings is 2. The number of nitrogens with one attached hydrogen (secondary N) is 1. The fourth-order valence-electron chi connectivity index (χ4n) is 3.37. The van der Waals surface area contributed by atoms with Crippen molar-refractivity contribution in [3.05, 3.63) is 72.2 Å². The normalized spacial score (nSPS) is 14.5. The summed E-state index contributed by atoms with van der Waals surface area (Å²) >= 11 is 0. The first-order valence-corrected chi connectivity index (χ1v) is 12.3. The van der Waals surface area contributed by atoms with E-state index in [4.69, 9.17) is 18.6 Å². The summed E-state index contributed by atoms with van der Waals surface area (Å²) in [5, 5.41) is 2.71. The number of carbonyl (C=O) groups excluding carboxylic acids is 1. The van der Waals surface area contributed by atoms with Gasteiger partial charge in [0, 0.05) is 18.8 Å². The van der Waals surface area contributed by atoms with Gasteiger partial charge in [-0.3, -0.25) is 4.79 Å². The summed E-state index contributed by atoms with van der Waals surface area (Å²) in [6.07, 6.45) is 0. The number of hydrogen-bond acceptors (Lipinski definition) is 7. The molecule has 0 aliphatic carbocycles. The molecule has 0 spiro atoms. The maximum Gasteiger partial charge on any atom is 0.291 e. The van der Waals surface area contributed by atoms with Crippen molar-refractivity contribution < 1.29 is 31.8 Å². The van der Waals surface area contributed by atoms with Gasteiger partial charge in [-0.05, 0) is 67.6 Å². The van der Waals surface area contributed by atoms with Gasteiger partial charge in [-0.2, -0.15) is 4.31 Å². The summed E-state index contributed by atoms with van der Waals surface area (Å²) in [5.41, 5.74) is 0.453. The van der Waals surface area contributed by atoms with Crippen LogP contribution in [-0.2, 0) is 21.4 Å². The maximum atomic E-state index is 12.7. The highest BCUT2D eigenvalue weighted by Gasteiger charge is 2.26. The predicted octanol–water partition coefficient (Wildman–Crippen LogP) is 3.53. The Morgan fingerprint density at radius 3 is 2.24 bits per heavy atom. The highest BCUT2D eigenvalue weighted by molar-refractivity contribution is 7.89. The third-order valence-electron chi connectivity index (χ3n) is 5.12. The lowest BCUT2D eigenvalue weighted by Gasteiger charge is -2.26. The number of carbonyl (C=O) groups is 1. The Balaban J connectivity index is 1.32. The Labute approximate surface area is 198 Å². The molecule has 0 unspecified atom stereocenters. The molecule has 1 N–H and O–H groups in total. The molecule has 1 fully saturated rings. The number of morpholine rings is 1. The molecule has 1 aromatic heterocycles. The maximum absolute atomic E-state index is 12.7. The van der Waals surface area contributed by atoms with E-state index in [0.717, 1.165) is 5.75 Å². The zero-order valence-electron chi connectivity index (χ0n) is 18.7. The SMILES string of the molecule is CCOc1ccc(OCc2ccc(C(=O)Nc3ccc(S(=O)(=O)N4CCOCC4)cc3)o2)cc1. The molecule has 2 heterocycles. The van der Waals surface area contributed by atoms with Crippen LogP contribution in [0.4, 0.5) is 5.69 Å². The van der Waals surface area contributed by atoms with Crippen molar-refractivity contribution in [2.45, 2.75) is 18.4 Å². The van der Waals surface area contributed by atoms with Crippen molar-refractivity contribution in [1.29, 1.82) is 0 Å². The number of hydrogen-bond donors (Lipinski definition) is 1. The summed E-state index contributed by atoms with van der Waals surface area (Å²) in [5.74, 6) is 1.58. The standard InChI is InChI=1S/C24H26N2O7S/c1-2-31-19-5-7-20(8-6-19)32-17-21-9-12-23(33-21)24(27)25-18-3-10-22(11-4-18)34(28,29)26-13-15-30-16-14-26/h3-12H,2,13-17H2,1H3,(H,25,27). The van der Waals surface area contributed by atoms with E-state index in [1.54, 1.807) is 36.4 Å². The van der Waals surface area contributed by atoms with E-state index in [9.17, 15) is 13.2 Å². The van der Waals surface area contributed by atoms with Crippen LogP contribution in [0.15, 0.2) is 70.0 Å². The summed E-state index contributed by atoms with van der Waals surface area (Å²) in [6.45, 7) is 4.08. The van der Waals surface area contributed by atoms with Crippen LogP contribution in [0.1, 0.15) is 23.2 Å². The molecule has 1 aliphatic rings. The molecule has 1 saturated heterocycles. The molecule has 2 aromatic carbocycles. The first-order chi connectivity index (χ1) is 16.5. The number of sulfonamides is 1. The molecule has 0 saturated carbocycles. The average Bonchev–Trinajstić information content (AvgIpc) is 3.34. The van der Waals surface area contributed by atoms with E-state index in [-0.39, 0.29) is 17.3 Å². The monoisotopic (exact) mass is 486 g/mol. The Bertz CT molecular complexity index is 1200. The summed E-state index contributed by atoms with van der Waals surface area (Å²) in [7, 11) is -3.59. The third-order valence-corrected chi connectivity index (χ3v) is 7.03. The molecule has 0 radical (unpaired) electrons. The first-order valence-electron chi connectivity index (χ1n) is 10.9. The summed E-state index contributed by atoms with van der Waals surface area (Å²) in [6, 6.07) is 16.5. The largest absolute Gasteiger partial charge is 0.494 e. The van der Waals surface area contributed by atoms with Gasteiger partial charge in [-0.15, -0.1) is 0 Å². The van der Waals surface area contributed by atoms with E-state index in [1.807, 2.05) is 19.1 Å². The Morgan fingerprint density at radius 1 is 0.941 bits per heavy atom. The van der Waals surface area contributed by atoms with Gasteiger partial charge in [-0.1, -0.05) is 0 Å². The first kappa shape index (κ1) is 23.8. The lowest BCUT2D eigenvalue weighted by Crippen LogP contribution is -2.40. The molecule has 0 atom stereocenters. The van der Waals surface area contributed by atoms with Gasteiger partial charge in [-0.25, -0.2) is 8.42 Å². The number of nitrogens with zero attached hydrogens (tertiary/aromatic N) is 1. The van der Waals surface area contributed by atoms with Gasteiger partial charge in [0.2, 0.25) is 10.0 Å². The zero-order chi connectivity index (χ0) is 24.0. The second-order valence-electron chi connectivity index (χ2n) is 7.45. The van der Waals surface area contributed by atoms with Crippen LogP contribution in [-0.4, -0.2) is 51.5 Å². The molecular weight excluding hydrogens is 460 g/mol. The van der Waals surface area contributed by atoms with E-state index in [1.165, 1.54) is 16.4 Å². The topological polar surface area (TPSA) is 107 Å². The van der Waals surface area contributed by atoms with Crippen molar-refractivity contribution in [2.75, 3.05) is 38.2 Å². The van der Waals surface area contributed by atoms with E-state index < -0.39 is 15.9 Å². The number of furan rings is 1. The summed E-state index contributed by atoms with van der Waals surface area (Å²) < 4.78 is 48.7. The van der Waals surface area contributed by atoms with Crippen LogP contribution in [0.5, 0.6) is 11.5 Å². The molecule has 180 valence electrons. The highest BCUT2D eigenvalue weighted by atomic mass is 32.2. The van der Waals surface area contributed by atoms with Gasteiger partial charge in [0.15, 0.2) is 5.76 Å². The molecule has 3 aromatic rings. The number of ether oxygens (including phenoxy) is 3. The fraction of sp³-hybridized carbons (Fsp3) is 0.292. The van der Waals surface area contributed by atoms with Gasteiger partial charge in [0.25, 0.3) is 5.91 Å². The number of amides is 1. The predicted molar refractivity (Wildman–Crippen MR) is 125 cm³/mol. The summed E-state index contributed by atoms with van der Waals surface area (Å²) in [4.78, 5) is 12.7. The molecule has 9 nitrogen and oxygen atoms in total. The van der Waals surface area contributed by atoms with E-state index >= 15 is 0 Å². The Hall–Kier alpha value is -3.34. The number of rotatable bonds is 9. The molecule has 34 heavy (non-hydrogen) atoms. The van der Waals surface area contributed by atoms with Gasteiger partial charge >= 0.3 is 0 Å². The van der Waals surface area contributed by atoms with E-state index in [0.29, 0.717) is 50.1 Å². The molecule has 1 aliphatic heterocycles. The van der Waals surface area contributed by atoms with Crippen molar-refractivity contribution in [3.8, 4) is 11.5 Å². The van der Waals surface area contributed by atoms with E-state index in [2.05, 4.69) is 5.32 Å². The molecular formula is C24H26N2O7S. The Kier molecular flexibility index (Phi) is 7.51. The molecule has 4 rings (SSSR count). The second kappa shape index (κ2) is 10.7. The minimum atomic E-state index is -3.59. The molecule has 0 bridgehead atoms. The van der Waals surface area contributed by atoms with Crippen molar-refractivity contribution in [2.24, 2.45) is 0 Å². The van der Waals surface area contributed by atoms with Gasteiger partial charge in [0.05, 0.1) is 24.7 Å². The lowest BCUT2D eigenvalue weighted by atomic mass is 10.3. The molecule has 10 heteroatoms. The lowest BCUT2D eigenvalue weighted by molar-refractivity contribution is 0.0730. The number of anilines is 1. The van der Waals surface area contributed by atoms with Gasteiger partial charge in [0.1, 0.15) is 23.9 Å². The van der Waals surface area contributed by atoms with Gasteiger partial charge < -0.3 is 23.9 Å². The molecule has 1 amide bonds. The highest BCUT2D eigenvalue weighted by Crippen LogP contribution is 2.21. The van der Waals surface area contributed by atoms with Crippen LogP contribution in [0.3, 0.4) is 0 Å². The van der Waals surface area contributed by atoms with Crippen LogP contribution >= 0.6 is 0 Å². The van der Waals surface area contributed by atoms with Crippen molar-refractivity contribution in [3.63, 3.8) is 0 Å². The minimum absolute atomic E-state index is 0.121. The second-order valence-corrected chi connectivity index (χ2v) is 9.39. The quantitative estimate of drug-likeness (QED) is 0.493. The fourth-order valence-corrected chi connectivity index (χ4v) is 4.78. The van der Waals surface area contributed by atoms with Crippen LogP contribution in [0.2, 0.25) is 0 Å². The Morgan fingerprint density at radius 2 is 1.59 bits per heavy atom. The third kappa shape index (κ3) is 5.77. The van der Waals surface area contributed by atoms with Crippen molar-refractivity contribution >= 4 is 21.6 Å². The minimum Gasteiger partial charge on any atom is -0.494 e.